The summed E-state index contributed by atoms with van der Waals surface area (Å²) in [5.41, 5.74) is 0. The van der Waals surface area contributed by atoms with E-state index in [0.717, 1.165) is 38.0 Å². The first-order chi connectivity index (χ1) is 12.2. The van der Waals surface area contributed by atoms with Crippen LogP contribution in [0.15, 0.2) is 45.6 Å². The highest BCUT2D eigenvalue weighted by Gasteiger charge is 2.26. The summed E-state index contributed by atoms with van der Waals surface area (Å²) in [6, 6.07) is 7.40. The van der Waals surface area contributed by atoms with Crippen LogP contribution in [0.4, 0.5) is 0 Å². The van der Waals surface area contributed by atoms with Crippen molar-refractivity contribution in [2.75, 3.05) is 13.1 Å². The molecule has 2 aromatic rings. The lowest BCUT2D eigenvalue weighted by Crippen LogP contribution is -2.43. The van der Waals surface area contributed by atoms with Gasteiger partial charge in [0.2, 0.25) is 5.91 Å². The predicted octanol–water partition coefficient (Wildman–Crippen LogP) is 2.86. The lowest BCUT2D eigenvalue weighted by atomic mass is 10.0. The Balaban J connectivity index is 1.55. The lowest BCUT2D eigenvalue weighted by molar-refractivity contribution is -0.123. The van der Waals surface area contributed by atoms with E-state index in [1.54, 1.807) is 24.7 Å². The molecular weight excluding hydrogens is 320 g/mol. The molecule has 0 unspecified atom stereocenters. The summed E-state index contributed by atoms with van der Waals surface area (Å²) in [6.07, 6.45) is 7.49. The van der Waals surface area contributed by atoms with Crippen molar-refractivity contribution in [2.24, 2.45) is 0 Å². The molecule has 1 saturated heterocycles. The minimum atomic E-state index is -0.633. The largest absolute Gasteiger partial charge is 0.467 e. The maximum atomic E-state index is 12.3. The molecule has 0 bridgehead atoms. The van der Waals surface area contributed by atoms with Crippen LogP contribution in [0.3, 0.4) is 0 Å². The molecule has 3 rings (SSSR count). The second-order valence-corrected chi connectivity index (χ2v) is 6.60. The quantitative estimate of drug-likeness (QED) is 0.806. The topological polar surface area (TPSA) is 78.9 Å². The predicted molar refractivity (Wildman–Crippen MR) is 92.7 cm³/mol. The van der Waals surface area contributed by atoms with Crippen LogP contribution in [-0.2, 0) is 11.3 Å². The summed E-state index contributed by atoms with van der Waals surface area (Å²) < 4.78 is 10.5. The third-order valence-corrected chi connectivity index (χ3v) is 4.75. The first-order valence-electron chi connectivity index (χ1n) is 8.97. The average Bonchev–Trinajstić information content (AvgIpc) is 3.28. The molecule has 25 heavy (non-hydrogen) atoms. The van der Waals surface area contributed by atoms with Gasteiger partial charge in [0.25, 0.3) is 0 Å². The molecule has 2 aromatic heterocycles. The Morgan fingerprint density at radius 2 is 2.08 bits per heavy atom. The van der Waals surface area contributed by atoms with Crippen molar-refractivity contribution < 1.29 is 18.7 Å². The molecule has 3 heterocycles. The third kappa shape index (κ3) is 5.21. The van der Waals surface area contributed by atoms with Gasteiger partial charge in [-0.25, -0.2) is 0 Å². The Kier molecular flexibility index (Phi) is 6.30. The number of carbonyl (C=O) groups excluding carboxylic acids is 1. The molecule has 1 aliphatic rings. The van der Waals surface area contributed by atoms with Crippen LogP contribution in [0, 0.1) is 0 Å². The maximum absolute atomic E-state index is 12.3. The first kappa shape index (κ1) is 17.8. The van der Waals surface area contributed by atoms with Crippen LogP contribution >= 0.6 is 0 Å². The minimum Gasteiger partial charge on any atom is -0.467 e. The van der Waals surface area contributed by atoms with Gasteiger partial charge in [0.05, 0.1) is 25.6 Å². The molecule has 136 valence electrons. The Morgan fingerprint density at radius 1 is 1.24 bits per heavy atom. The van der Waals surface area contributed by atoms with Gasteiger partial charge in [-0.1, -0.05) is 12.8 Å². The number of furan rings is 2. The zero-order chi connectivity index (χ0) is 17.5. The normalized spacial score (nSPS) is 20.1. The number of rotatable bonds is 7. The molecule has 1 amide bonds. The maximum Gasteiger partial charge on any atom is 0.234 e. The second kappa shape index (κ2) is 8.87. The molecule has 0 aliphatic carbocycles. The summed E-state index contributed by atoms with van der Waals surface area (Å²) in [4.78, 5) is 14.5. The molecule has 6 heteroatoms. The van der Waals surface area contributed by atoms with Crippen molar-refractivity contribution in [1.29, 1.82) is 0 Å². The van der Waals surface area contributed by atoms with Crippen molar-refractivity contribution in [1.82, 2.24) is 10.2 Å². The van der Waals surface area contributed by atoms with E-state index in [1.807, 2.05) is 12.1 Å². The molecule has 6 nitrogen and oxygen atoms in total. The van der Waals surface area contributed by atoms with E-state index in [0.29, 0.717) is 25.3 Å². The van der Waals surface area contributed by atoms with Crippen LogP contribution in [0.2, 0.25) is 0 Å². The van der Waals surface area contributed by atoms with Gasteiger partial charge in [0, 0.05) is 6.04 Å². The smallest absolute Gasteiger partial charge is 0.234 e. The number of nitrogens with one attached hydrogen (secondary N) is 1. The number of nitrogens with zero attached hydrogens (tertiary/aromatic N) is 1. The van der Waals surface area contributed by atoms with Crippen molar-refractivity contribution in [3.05, 3.63) is 48.3 Å². The summed E-state index contributed by atoms with van der Waals surface area (Å²) >= 11 is 0. The average molecular weight is 346 g/mol. The summed E-state index contributed by atoms with van der Waals surface area (Å²) in [6.45, 7) is 1.62. The lowest BCUT2D eigenvalue weighted by Gasteiger charge is -2.30. The Hall–Kier alpha value is -2.05. The molecule has 1 aliphatic heterocycles. The zero-order valence-corrected chi connectivity index (χ0v) is 14.4. The highest BCUT2D eigenvalue weighted by molar-refractivity contribution is 5.78. The molecule has 2 N–H and O–H groups in total. The number of likely N-dealkylation sites (tertiary alicyclic amines) is 1. The van der Waals surface area contributed by atoms with Crippen molar-refractivity contribution >= 4 is 5.91 Å². The van der Waals surface area contributed by atoms with Crippen LogP contribution in [0.25, 0.3) is 0 Å². The van der Waals surface area contributed by atoms with Gasteiger partial charge in [0.15, 0.2) is 0 Å². The SMILES string of the molecule is O=C(CN1CCCCC[C@H]1C[C@@H](O)c1ccco1)NCc1ccco1. The number of hydrogen-bond donors (Lipinski definition) is 2. The van der Waals surface area contributed by atoms with Gasteiger partial charge in [0.1, 0.15) is 17.6 Å². The van der Waals surface area contributed by atoms with Gasteiger partial charge >= 0.3 is 0 Å². The molecule has 1 fully saturated rings. The second-order valence-electron chi connectivity index (χ2n) is 6.60. The Morgan fingerprint density at radius 3 is 2.84 bits per heavy atom. The first-order valence-corrected chi connectivity index (χ1v) is 8.97. The monoisotopic (exact) mass is 346 g/mol. The highest BCUT2D eigenvalue weighted by atomic mass is 16.4. The molecule has 2 atom stereocenters. The van der Waals surface area contributed by atoms with Crippen LogP contribution in [-0.4, -0.2) is 35.0 Å². The minimum absolute atomic E-state index is 0.0178. The number of hydrogen-bond acceptors (Lipinski definition) is 5. The van der Waals surface area contributed by atoms with E-state index in [9.17, 15) is 9.90 Å². The third-order valence-electron chi connectivity index (χ3n) is 4.75. The Bertz CT molecular complexity index is 624. The fourth-order valence-corrected chi connectivity index (χ4v) is 3.41. The van der Waals surface area contributed by atoms with E-state index in [4.69, 9.17) is 8.83 Å². The summed E-state index contributed by atoms with van der Waals surface area (Å²) in [5, 5.41) is 13.3. The number of aliphatic hydroxyl groups excluding tert-OH is 1. The number of amides is 1. The van der Waals surface area contributed by atoms with E-state index in [1.165, 1.54) is 0 Å². The van der Waals surface area contributed by atoms with E-state index in [-0.39, 0.29) is 11.9 Å². The van der Waals surface area contributed by atoms with Gasteiger partial charge in [-0.3, -0.25) is 9.69 Å². The highest BCUT2D eigenvalue weighted by Crippen LogP contribution is 2.26. The van der Waals surface area contributed by atoms with Gasteiger partial charge in [-0.05, 0) is 50.1 Å². The molecule has 0 spiro atoms. The Labute approximate surface area is 147 Å². The van der Waals surface area contributed by atoms with E-state index >= 15 is 0 Å². The van der Waals surface area contributed by atoms with Crippen molar-refractivity contribution in [3.63, 3.8) is 0 Å². The van der Waals surface area contributed by atoms with E-state index < -0.39 is 6.10 Å². The molecular formula is C19H26N2O4. The van der Waals surface area contributed by atoms with Crippen LogP contribution in [0.1, 0.15) is 49.7 Å². The van der Waals surface area contributed by atoms with Crippen molar-refractivity contribution in [2.45, 2.75) is 50.8 Å². The van der Waals surface area contributed by atoms with Crippen LogP contribution in [0.5, 0.6) is 0 Å². The summed E-state index contributed by atoms with van der Waals surface area (Å²) in [7, 11) is 0. The fourth-order valence-electron chi connectivity index (χ4n) is 3.41. The summed E-state index contributed by atoms with van der Waals surface area (Å²) in [5.74, 6) is 1.32. The van der Waals surface area contributed by atoms with Gasteiger partial charge in [-0.2, -0.15) is 0 Å². The zero-order valence-electron chi connectivity index (χ0n) is 14.4. The molecule has 0 radical (unpaired) electrons. The van der Waals surface area contributed by atoms with Gasteiger partial charge in [-0.15, -0.1) is 0 Å². The molecule has 0 saturated carbocycles. The van der Waals surface area contributed by atoms with E-state index in [2.05, 4.69) is 10.2 Å². The standard InChI is InChI=1S/C19H26N2O4/c22-17(18-8-5-11-25-18)12-15-6-2-1-3-9-21(15)14-19(23)20-13-16-7-4-10-24-16/h4-5,7-8,10-11,15,17,22H,1-3,6,9,12-14H2,(H,20,23)/t15-,17+/m0/s1. The number of carbonyl (C=O) groups is 1. The van der Waals surface area contributed by atoms with Crippen molar-refractivity contribution in [3.8, 4) is 0 Å². The van der Waals surface area contributed by atoms with Gasteiger partial charge < -0.3 is 19.3 Å². The fraction of sp³-hybridized carbons (Fsp3) is 0.526. The molecule has 0 aromatic carbocycles. The van der Waals surface area contributed by atoms with Crippen LogP contribution < -0.4 is 5.32 Å². The number of aliphatic hydroxyl groups is 1.